The molecule has 0 saturated carbocycles. The molecular weight excluding hydrogens is 801 g/mol. The molecule has 4 nitrogen and oxygen atoms in total. The normalized spacial score (nSPS) is 12.4. The number of hydrogen-bond acceptors (Lipinski definition) is 2. The Hall–Kier alpha value is -7.82. The average molecular weight is 851 g/mol. The van der Waals surface area contributed by atoms with Crippen molar-refractivity contribution >= 4 is 110 Å². The van der Waals surface area contributed by atoms with Crippen LogP contribution < -0.4 is 9.80 Å². The molecule has 0 unspecified atom stereocenters. The van der Waals surface area contributed by atoms with Crippen LogP contribution in [-0.2, 0) is 0 Å². The van der Waals surface area contributed by atoms with Gasteiger partial charge in [-0.3, -0.25) is 0 Å². The van der Waals surface area contributed by atoms with E-state index in [1.54, 1.807) is 0 Å². The highest BCUT2D eigenvalue weighted by Gasteiger charge is 2.29. The van der Waals surface area contributed by atoms with E-state index in [-0.39, 0.29) is 0 Å². The van der Waals surface area contributed by atoms with Crippen molar-refractivity contribution in [2.75, 3.05) is 9.80 Å². The van der Waals surface area contributed by atoms with Gasteiger partial charge in [0.05, 0.1) is 44.5 Å². The summed E-state index contributed by atoms with van der Waals surface area (Å²) >= 11 is 0. The molecule has 0 fully saturated rings. The van der Waals surface area contributed by atoms with Gasteiger partial charge in [-0.1, -0.05) is 125 Å². The lowest BCUT2D eigenvalue weighted by atomic mass is 9.99. The third-order valence-electron chi connectivity index (χ3n) is 14.6. The van der Waals surface area contributed by atoms with E-state index in [9.17, 15) is 0 Å². The minimum Gasteiger partial charge on any atom is -0.310 e. The quantitative estimate of drug-likeness (QED) is 0.151. The van der Waals surface area contributed by atoms with E-state index in [1.807, 2.05) is 0 Å². The van der Waals surface area contributed by atoms with Gasteiger partial charge in [-0.15, -0.1) is 0 Å². The fourth-order valence-corrected chi connectivity index (χ4v) is 11.4. The number of aromatic nitrogens is 2. The van der Waals surface area contributed by atoms with Crippen LogP contribution in [0.2, 0.25) is 0 Å². The molecule has 0 amide bonds. The SMILES string of the molecule is Cc1cccc2c1c1c(N(c3ccccc3)c3ccc(C(C)C)cc3)ccc3c4cc5c(cc4n2c31)c1ccc(N(c2ccccc2)c2ccc(C(C)C)cc2)c2c3c(C)cccc3n5c12. The molecule has 0 aliphatic carbocycles. The lowest BCUT2D eigenvalue weighted by Crippen LogP contribution is -2.10. The molecule has 0 N–H and O–H groups in total. The summed E-state index contributed by atoms with van der Waals surface area (Å²) in [5, 5.41) is 10.2. The zero-order chi connectivity index (χ0) is 44.5. The van der Waals surface area contributed by atoms with E-state index < -0.39 is 0 Å². The van der Waals surface area contributed by atoms with E-state index in [0.717, 1.165) is 22.7 Å². The first-order valence-corrected chi connectivity index (χ1v) is 23.5. The largest absolute Gasteiger partial charge is 0.310 e. The van der Waals surface area contributed by atoms with E-state index in [2.05, 4.69) is 242 Å². The number of nitrogens with zero attached hydrogens (tertiary/aromatic N) is 4. The topological polar surface area (TPSA) is 15.3 Å². The van der Waals surface area contributed by atoms with Crippen molar-refractivity contribution in [2.45, 2.75) is 53.4 Å². The Bertz CT molecular complexity index is 3720. The molecular formula is C62H50N4. The van der Waals surface area contributed by atoms with Crippen LogP contribution >= 0.6 is 0 Å². The Balaban J connectivity index is 1.12. The highest BCUT2D eigenvalue weighted by atomic mass is 15.2. The van der Waals surface area contributed by atoms with Crippen molar-refractivity contribution in [3.8, 4) is 0 Å². The highest BCUT2D eigenvalue weighted by Crippen LogP contribution is 2.52. The molecule has 0 saturated heterocycles. The van der Waals surface area contributed by atoms with Crippen molar-refractivity contribution in [3.63, 3.8) is 0 Å². The molecule has 4 heteroatoms. The average Bonchev–Trinajstić information content (AvgIpc) is 4.07. The molecule has 66 heavy (non-hydrogen) atoms. The third-order valence-corrected chi connectivity index (χ3v) is 14.6. The van der Waals surface area contributed by atoms with Gasteiger partial charge in [0.1, 0.15) is 0 Å². The first kappa shape index (κ1) is 38.6. The van der Waals surface area contributed by atoms with Crippen LogP contribution in [0.25, 0.3) is 76.2 Å². The summed E-state index contributed by atoms with van der Waals surface area (Å²) in [5.41, 5.74) is 19.7. The number of fused-ring (bicyclic) bond motifs is 12. The molecule has 4 aromatic heterocycles. The van der Waals surface area contributed by atoms with E-state index in [1.165, 1.54) is 110 Å². The van der Waals surface area contributed by atoms with Gasteiger partial charge in [0.25, 0.3) is 0 Å². The van der Waals surface area contributed by atoms with Gasteiger partial charge in [0.15, 0.2) is 0 Å². The van der Waals surface area contributed by atoms with Crippen molar-refractivity contribution < 1.29 is 0 Å². The number of rotatable bonds is 8. The zero-order valence-corrected chi connectivity index (χ0v) is 38.3. The van der Waals surface area contributed by atoms with Crippen LogP contribution in [0.3, 0.4) is 0 Å². The Morgan fingerprint density at radius 1 is 0.333 bits per heavy atom. The monoisotopic (exact) mass is 850 g/mol. The standard InChI is InChI=1S/C62H50N4/c1-37(2)41-23-27-45(28-24-41)63(43-17-9-7-10-18-43)53-33-31-47-49-35-56-50(36-55(49)65-51-21-13-15-39(5)57(51)59(53)61(47)65)48-32-34-54(60-58-40(6)16-14-22-52(58)66(56)62(48)60)64(44-19-11-8-12-20-44)46-29-25-42(26-30-46)38(3)4/h7-38H,1-6H3. The molecule has 0 spiro atoms. The molecule has 0 aliphatic rings. The molecule has 13 aromatic rings. The smallest absolute Gasteiger partial charge is 0.0641 e. The zero-order valence-electron chi connectivity index (χ0n) is 38.3. The second-order valence-corrected chi connectivity index (χ2v) is 19.0. The highest BCUT2D eigenvalue weighted by molar-refractivity contribution is 6.32. The first-order chi connectivity index (χ1) is 32.3. The predicted molar refractivity (Wildman–Crippen MR) is 283 cm³/mol. The number of aryl methyl sites for hydroxylation is 2. The molecule has 0 radical (unpaired) electrons. The molecule has 318 valence electrons. The lowest BCUT2D eigenvalue weighted by molar-refractivity contribution is 0.866. The maximum Gasteiger partial charge on any atom is 0.0641 e. The Morgan fingerprint density at radius 2 is 0.712 bits per heavy atom. The minimum atomic E-state index is 0.459. The Kier molecular flexibility index (Phi) is 8.39. The molecule has 0 bridgehead atoms. The number of hydrogen-bond donors (Lipinski definition) is 0. The van der Waals surface area contributed by atoms with Gasteiger partial charge in [0, 0.05) is 65.8 Å². The van der Waals surface area contributed by atoms with Crippen molar-refractivity contribution in [1.29, 1.82) is 0 Å². The van der Waals surface area contributed by atoms with Gasteiger partial charge in [-0.25, -0.2) is 0 Å². The van der Waals surface area contributed by atoms with Crippen LogP contribution in [0.1, 0.15) is 61.8 Å². The summed E-state index contributed by atoms with van der Waals surface area (Å²) in [7, 11) is 0. The summed E-state index contributed by atoms with van der Waals surface area (Å²) in [5.74, 6) is 0.917. The fourth-order valence-electron chi connectivity index (χ4n) is 11.4. The summed E-state index contributed by atoms with van der Waals surface area (Å²) in [6.45, 7) is 13.6. The molecule has 13 rings (SSSR count). The second-order valence-electron chi connectivity index (χ2n) is 19.0. The molecule has 4 heterocycles. The first-order valence-electron chi connectivity index (χ1n) is 23.5. The van der Waals surface area contributed by atoms with Crippen LogP contribution in [0, 0.1) is 13.8 Å². The van der Waals surface area contributed by atoms with Crippen LogP contribution in [0.15, 0.2) is 182 Å². The summed E-state index contributed by atoms with van der Waals surface area (Å²) in [6, 6.07) is 68.2. The van der Waals surface area contributed by atoms with Gasteiger partial charge >= 0.3 is 0 Å². The maximum absolute atomic E-state index is 2.57. The number of anilines is 6. The van der Waals surface area contributed by atoms with Crippen molar-refractivity contribution in [3.05, 3.63) is 204 Å². The fraction of sp³-hybridized carbons (Fsp3) is 0.129. The van der Waals surface area contributed by atoms with Crippen LogP contribution in [0.5, 0.6) is 0 Å². The van der Waals surface area contributed by atoms with Gasteiger partial charge in [0.2, 0.25) is 0 Å². The lowest BCUT2D eigenvalue weighted by Gasteiger charge is -2.27. The van der Waals surface area contributed by atoms with Crippen molar-refractivity contribution in [1.82, 2.24) is 8.80 Å². The summed E-state index contributed by atoms with van der Waals surface area (Å²) in [6.07, 6.45) is 0. The minimum absolute atomic E-state index is 0.459. The van der Waals surface area contributed by atoms with Crippen molar-refractivity contribution in [2.24, 2.45) is 0 Å². The number of benzene rings is 9. The Labute approximate surface area is 384 Å². The van der Waals surface area contributed by atoms with Crippen LogP contribution in [-0.4, -0.2) is 8.80 Å². The predicted octanol–water partition coefficient (Wildman–Crippen LogP) is 17.8. The van der Waals surface area contributed by atoms with E-state index in [0.29, 0.717) is 11.8 Å². The van der Waals surface area contributed by atoms with Gasteiger partial charge in [-0.05, 0) is 133 Å². The Morgan fingerprint density at radius 3 is 1.09 bits per heavy atom. The molecule has 9 aromatic carbocycles. The number of para-hydroxylation sites is 2. The second kappa shape index (κ2) is 14.3. The van der Waals surface area contributed by atoms with E-state index >= 15 is 0 Å². The van der Waals surface area contributed by atoms with E-state index in [4.69, 9.17) is 0 Å². The van der Waals surface area contributed by atoms with Gasteiger partial charge in [-0.2, -0.15) is 0 Å². The van der Waals surface area contributed by atoms with Gasteiger partial charge < -0.3 is 18.6 Å². The molecule has 0 aliphatic heterocycles. The maximum atomic E-state index is 2.57. The third kappa shape index (κ3) is 5.39. The summed E-state index contributed by atoms with van der Waals surface area (Å²) in [4.78, 5) is 4.91. The summed E-state index contributed by atoms with van der Waals surface area (Å²) < 4.78 is 5.13. The molecule has 0 atom stereocenters. The van der Waals surface area contributed by atoms with Crippen LogP contribution in [0.4, 0.5) is 34.1 Å².